The van der Waals surface area contributed by atoms with E-state index in [9.17, 15) is 9.59 Å². The highest BCUT2D eigenvalue weighted by Crippen LogP contribution is 2.26. The number of nitrogens with zero attached hydrogens (tertiary/aromatic N) is 3. The molecule has 3 aromatic heterocycles. The van der Waals surface area contributed by atoms with E-state index in [1.807, 2.05) is 44.6 Å². The van der Waals surface area contributed by atoms with Gasteiger partial charge in [0.15, 0.2) is 0 Å². The number of carbonyl (C=O) groups excluding carboxylic acids is 2. The van der Waals surface area contributed by atoms with Crippen molar-refractivity contribution in [2.75, 3.05) is 26.2 Å². The predicted molar refractivity (Wildman–Crippen MR) is 102 cm³/mol. The van der Waals surface area contributed by atoms with Crippen LogP contribution in [0.1, 0.15) is 20.2 Å². The van der Waals surface area contributed by atoms with Crippen LogP contribution in [-0.4, -0.2) is 52.8 Å². The van der Waals surface area contributed by atoms with Crippen molar-refractivity contribution in [2.24, 2.45) is 0 Å². The van der Waals surface area contributed by atoms with Gasteiger partial charge in [0.25, 0.3) is 11.8 Å². The van der Waals surface area contributed by atoms with Crippen molar-refractivity contribution >= 4 is 45.8 Å². The van der Waals surface area contributed by atoms with E-state index in [1.54, 1.807) is 16.2 Å². The third-order valence-electron chi connectivity index (χ3n) is 4.08. The van der Waals surface area contributed by atoms with Crippen LogP contribution in [0.15, 0.2) is 39.7 Å². The molecular weight excluding hydrogens is 374 g/mol. The van der Waals surface area contributed by atoms with Gasteiger partial charge >= 0.3 is 0 Å². The lowest BCUT2D eigenvalue weighted by Gasteiger charge is -2.34. The normalized spacial score (nSPS) is 14.7. The van der Waals surface area contributed by atoms with Crippen LogP contribution in [0.5, 0.6) is 0 Å². The van der Waals surface area contributed by atoms with Gasteiger partial charge in [0.05, 0.1) is 4.88 Å². The maximum absolute atomic E-state index is 12.7. The van der Waals surface area contributed by atoms with Gasteiger partial charge in [-0.3, -0.25) is 9.59 Å². The minimum Gasteiger partial charge on any atom is -0.334 e. The lowest BCUT2D eigenvalue weighted by molar-refractivity contribution is 0.0535. The number of hydrogen-bond acceptors (Lipinski definition) is 6. The standard InChI is InChI=1S/C17H15N3O2S3/c21-16(13-11-25-15(18-13)12-3-9-23-10-12)19-4-6-20(7-5-19)17(22)14-2-1-8-24-14/h1-3,8-11H,4-7H2. The molecule has 1 fully saturated rings. The van der Waals surface area contributed by atoms with Crippen LogP contribution in [-0.2, 0) is 0 Å². The summed E-state index contributed by atoms with van der Waals surface area (Å²) in [5.41, 5.74) is 1.55. The first-order valence-electron chi connectivity index (χ1n) is 7.82. The Morgan fingerprint density at radius 3 is 2.32 bits per heavy atom. The summed E-state index contributed by atoms with van der Waals surface area (Å²) in [7, 11) is 0. The predicted octanol–water partition coefficient (Wildman–Crippen LogP) is 3.53. The lowest BCUT2D eigenvalue weighted by atomic mass is 10.2. The van der Waals surface area contributed by atoms with Crippen molar-refractivity contribution in [3.63, 3.8) is 0 Å². The summed E-state index contributed by atoms with van der Waals surface area (Å²) in [6.45, 7) is 2.20. The van der Waals surface area contributed by atoms with Gasteiger partial charge in [-0.05, 0) is 22.9 Å². The molecule has 0 unspecified atom stereocenters. The van der Waals surface area contributed by atoms with E-state index < -0.39 is 0 Å². The maximum atomic E-state index is 12.7. The van der Waals surface area contributed by atoms with Crippen molar-refractivity contribution in [2.45, 2.75) is 0 Å². The van der Waals surface area contributed by atoms with E-state index >= 15 is 0 Å². The Morgan fingerprint density at radius 2 is 1.68 bits per heavy atom. The first kappa shape index (κ1) is 16.4. The first-order valence-corrected chi connectivity index (χ1v) is 10.5. The fourth-order valence-corrected chi connectivity index (χ4v) is 4.92. The number of hydrogen-bond donors (Lipinski definition) is 0. The molecule has 5 nitrogen and oxygen atoms in total. The summed E-state index contributed by atoms with van der Waals surface area (Å²) in [5, 5.41) is 8.62. The van der Waals surface area contributed by atoms with Crippen LogP contribution >= 0.6 is 34.0 Å². The quantitative estimate of drug-likeness (QED) is 0.689. The topological polar surface area (TPSA) is 53.5 Å². The number of amides is 2. The van der Waals surface area contributed by atoms with Gasteiger partial charge in [0.1, 0.15) is 10.7 Å². The van der Waals surface area contributed by atoms with Gasteiger partial charge in [0, 0.05) is 42.5 Å². The third kappa shape index (κ3) is 3.37. The summed E-state index contributed by atoms with van der Waals surface area (Å²) in [4.78, 5) is 33.8. The molecule has 0 N–H and O–H groups in total. The Hall–Kier alpha value is -2.03. The van der Waals surface area contributed by atoms with Gasteiger partial charge < -0.3 is 9.80 Å². The van der Waals surface area contributed by atoms with Gasteiger partial charge in [-0.15, -0.1) is 22.7 Å². The summed E-state index contributed by atoms with van der Waals surface area (Å²) in [6, 6.07) is 5.73. The van der Waals surface area contributed by atoms with Gasteiger partial charge in [-0.25, -0.2) is 4.98 Å². The summed E-state index contributed by atoms with van der Waals surface area (Å²) < 4.78 is 0. The Morgan fingerprint density at radius 1 is 0.920 bits per heavy atom. The Bertz CT molecular complexity index is 863. The molecule has 0 saturated carbocycles. The molecule has 1 aliphatic heterocycles. The largest absolute Gasteiger partial charge is 0.334 e. The first-order chi connectivity index (χ1) is 12.2. The number of thiazole rings is 1. The highest BCUT2D eigenvalue weighted by atomic mass is 32.1. The summed E-state index contributed by atoms with van der Waals surface area (Å²) in [6.07, 6.45) is 0. The SMILES string of the molecule is O=C(c1csc(-c2ccsc2)n1)N1CCN(C(=O)c2cccs2)CC1. The number of aromatic nitrogens is 1. The van der Waals surface area contributed by atoms with Gasteiger partial charge in [-0.1, -0.05) is 6.07 Å². The van der Waals surface area contributed by atoms with E-state index in [2.05, 4.69) is 4.98 Å². The lowest BCUT2D eigenvalue weighted by Crippen LogP contribution is -2.50. The highest BCUT2D eigenvalue weighted by Gasteiger charge is 2.27. The van der Waals surface area contributed by atoms with Crippen LogP contribution in [0.4, 0.5) is 0 Å². The smallest absolute Gasteiger partial charge is 0.273 e. The molecule has 128 valence electrons. The number of rotatable bonds is 3. The average molecular weight is 390 g/mol. The van der Waals surface area contributed by atoms with Crippen molar-refractivity contribution in [1.29, 1.82) is 0 Å². The molecule has 25 heavy (non-hydrogen) atoms. The van der Waals surface area contributed by atoms with E-state index in [0.717, 1.165) is 15.4 Å². The number of carbonyl (C=O) groups is 2. The summed E-state index contributed by atoms with van der Waals surface area (Å²) >= 11 is 4.56. The van der Waals surface area contributed by atoms with Crippen molar-refractivity contribution in [1.82, 2.24) is 14.8 Å². The second-order valence-electron chi connectivity index (χ2n) is 5.61. The van der Waals surface area contributed by atoms with Crippen LogP contribution in [0.3, 0.4) is 0 Å². The van der Waals surface area contributed by atoms with E-state index in [1.165, 1.54) is 22.7 Å². The Kier molecular flexibility index (Phi) is 4.65. The molecule has 3 aromatic rings. The molecule has 0 spiro atoms. The van der Waals surface area contributed by atoms with Crippen LogP contribution in [0, 0.1) is 0 Å². The van der Waals surface area contributed by atoms with Crippen LogP contribution in [0.2, 0.25) is 0 Å². The zero-order chi connectivity index (χ0) is 17.2. The second kappa shape index (κ2) is 7.07. The van der Waals surface area contributed by atoms with Crippen molar-refractivity contribution in [3.8, 4) is 10.6 Å². The molecule has 0 bridgehead atoms. The fourth-order valence-electron chi connectivity index (χ4n) is 2.72. The molecule has 1 aliphatic rings. The molecule has 1 saturated heterocycles. The molecule has 0 radical (unpaired) electrons. The van der Waals surface area contributed by atoms with E-state index in [0.29, 0.717) is 31.9 Å². The second-order valence-corrected chi connectivity index (χ2v) is 8.20. The number of piperazine rings is 1. The fraction of sp³-hybridized carbons (Fsp3) is 0.235. The molecule has 0 aromatic carbocycles. The van der Waals surface area contributed by atoms with Gasteiger partial charge in [0.2, 0.25) is 0 Å². The molecule has 4 rings (SSSR count). The monoisotopic (exact) mass is 389 g/mol. The molecule has 8 heteroatoms. The van der Waals surface area contributed by atoms with E-state index in [4.69, 9.17) is 0 Å². The average Bonchev–Trinajstić information content (AvgIpc) is 3.42. The Labute approximate surface area is 157 Å². The zero-order valence-corrected chi connectivity index (χ0v) is 15.7. The minimum atomic E-state index is -0.0547. The van der Waals surface area contributed by atoms with Crippen molar-refractivity contribution in [3.05, 3.63) is 50.3 Å². The highest BCUT2D eigenvalue weighted by molar-refractivity contribution is 7.14. The Balaban J connectivity index is 1.39. The minimum absolute atomic E-state index is 0.0514. The molecule has 2 amide bonds. The summed E-state index contributed by atoms with van der Waals surface area (Å²) in [5.74, 6) is -0.00328. The maximum Gasteiger partial charge on any atom is 0.273 e. The zero-order valence-electron chi connectivity index (χ0n) is 13.3. The van der Waals surface area contributed by atoms with Crippen LogP contribution in [0.25, 0.3) is 10.6 Å². The molecular formula is C17H15N3O2S3. The molecule has 4 heterocycles. The van der Waals surface area contributed by atoms with Crippen molar-refractivity contribution < 1.29 is 9.59 Å². The van der Waals surface area contributed by atoms with Crippen LogP contribution < -0.4 is 0 Å². The van der Waals surface area contributed by atoms with Gasteiger partial charge in [-0.2, -0.15) is 11.3 Å². The molecule has 0 atom stereocenters. The third-order valence-corrected chi connectivity index (χ3v) is 6.51. The molecule has 0 aliphatic carbocycles. The van der Waals surface area contributed by atoms with E-state index in [-0.39, 0.29) is 11.8 Å². The number of thiophene rings is 2.